The Morgan fingerprint density at radius 1 is 1.41 bits per heavy atom. The van der Waals surface area contributed by atoms with Crippen molar-refractivity contribution in [3.63, 3.8) is 0 Å². The molecule has 0 aliphatic rings. The van der Waals surface area contributed by atoms with Gasteiger partial charge in [-0.15, -0.1) is 0 Å². The molecule has 0 aliphatic heterocycles. The summed E-state index contributed by atoms with van der Waals surface area (Å²) in [6.45, 7) is 1.19. The van der Waals surface area contributed by atoms with Gasteiger partial charge >= 0.3 is 5.63 Å². The summed E-state index contributed by atoms with van der Waals surface area (Å²) in [5, 5.41) is 10.2. The van der Waals surface area contributed by atoms with E-state index in [1.807, 2.05) is 0 Å². The molecule has 0 atom stereocenters. The van der Waals surface area contributed by atoms with Gasteiger partial charge in [-0.05, 0) is 19.1 Å². The van der Waals surface area contributed by atoms with E-state index in [4.69, 9.17) is 9.15 Å². The Hall–Kier alpha value is -2.30. The van der Waals surface area contributed by atoms with E-state index >= 15 is 0 Å². The van der Waals surface area contributed by atoms with Crippen molar-refractivity contribution in [1.29, 1.82) is 0 Å². The topological polar surface area (TPSA) is 76.7 Å². The van der Waals surface area contributed by atoms with Crippen LogP contribution in [0.2, 0.25) is 0 Å². The van der Waals surface area contributed by atoms with Gasteiger partial charge in [-0.1, -0.05) is 6.07 Å². The van der Waals surface area contributed by atoms with Gasteiger partial charge in [0.15, 0.2) is 17.1 Å². The van der Waals surface area contributed by atoms with Crippen LogP contribution in [0.15, 0.2) is 27.4 Å². The number of rotatable bonds is 2. The minimum absolute atomic E-state index is 0.127. The zero-order valence-electron chi connectivity index (χ0n) is 9.31. The van der Waals surface area contributed by atoms with Gasteiger partial charge in [-0.25, -0.2) is 4.79 Å². The SMILES string of the molecule is COc1cccc2c(O)c(C(C)=O)c(=O)oc12. The first-order chi connectivity index (χ1) is 8.06. The lowest BCUT2D eigenvalue weighted by Gasteiger charge is -2.06. The number of hydrogen-bond donors (Lipinski definition) is 1. The van der Waals surface area contributed by atoms with Crippen molar-refractivity contribution in [3.8, 4) is 11.5 Å². The second kappa shape index (κ2) is 3.93. The lowest BCUT2D eigenvalue weighted by Crippen LogP contribution is -2.12. The highest BCUT2D eigenvalue weighted by molar-refractivity contribution is 6.02. The maximum Gasteiger partial charge on any atom is 0.351 e. The molecule has 0 amide bonds. The third kappa shape index (κ3) is 1.65. The summed E-state index contributed by atoms with van der Waals surface area (Å²) in [6, 6.07) is 4.77. The van der Waals surface area contributed by atoms with E-state index in [9.17, 15) is 14.7 Å². The molecule has 0 bridgehead atoms. The van der Waals surface area contributed by atoms with E-state index in [0.29, 0.717) is 5.75 Å². The summed E-state index contributed by atoms with van der Waals surface area (Å²) >= 11 is 0. The number of carbonyl (C=O) groups excluding carboxylic acids is 1. The van der Waals surface area contributed by atoms with Gasteiger partial charge in [0, 0.05) is 0 Å². The molecular weight excluding hydrogens is 224 g/mol. The van der Waals surface area contributed by atoms with Gasteiger partial charge in [0.25, 0.3) is 0 Å². The summed E-state index contributed by atoms with van der Waals surface area (Å²) in [4.78, 5) is 22.8. The monoisotopic (exact) mass is 234 g/mol. The van der Waals surface area contributed by atoms with Crippen LogP contribution in [0.25, 0.3) is 11.0 Å². The molecule has 0 aliphatic carbocycles. The third-order valence-corrected chi connectivity index (χ3v) is 2.44. The molecule has 5 nitrogen and oxygen atoms in total. The quantitative estimate of drug-likeness (QED) is 0.632. The Kier molecular flexibility index (Phi) is 2.59. The molecule has 0 radical (unpaired) electrons. The van der Waals surface area contributed by atoms with E-state index < -0.39 is 11.4 Å². The number of ether oxygens (including phenoxy) is 1. The van der Waals surface area contributed by atoms with Crippen molar-refractivity contribution in [3.05, 3.63) is 34.2 Å². The molecule has 5 heteroatoms. The van der Waals surface area contributed by atoms with Gasteiger partial charge in [0.05, 0.1) is 12.5 Å². The fraction of sp³-hybridized carbons (Fsp3) is 0.167. The average Bonchev–Trinajstić information content (AvgIpc) is 2.28. The molecule has 88 valence electrons. The van der Waals surface area contributed by atoms with E-state index in [1.54, 1.807) is 18.2 Å². The van der Waals surface area contributed by atoms with Crippen molar-refractivity contribution in [1.82, 2.24) is 0 Å². The maximum atomic E-state index is 11.6. The van der Waals surface area contributed by atoms with E-state index in [1.165, 1.54) is 14.0 Å². The number of methoxy groups -OCH3 is 1. The van der Waals surface area contributed by atoms with Gasteiger partial charge in [-0.3, -0.25) is 4.79 Å². The first-order valence-corrected chi connectivity index (χ1v) is 4.90. The Morgan fingerprint density at radius 3 is 2.71 bits per heavy atom. The lowest BCUT2D eigenvalue weighted by atomic mass is 10.1. The van der Waals surface area contributed by atoms with Crippen LogP contribution >= 0.6 is 0 Å². The third-order valence-electron chi connectivity index (χ3n) is 2.44. The number of Topliss-reactive ketones (excluding diaryl/α,β-unsaturated/α-hetero) is 1. The van der Waals surface area contributed by atoms with Crippen molar-refractivity contribution in [2.75, 3.05) is 7.11 Å². The minimum atomic E-state index is -0.869. The summed E-state index contributed by atoms with van der Waals surface area (Å²) in [7, 11) is 1.42. The van der Waals surface area contributed by atoms with Gasteiger partial charge < -0.3 is 14.3 Å². The summed E-state index contributed by atoms with van der Waals surface area (Å²) in [5.74, 6) is -0.589. The van der Waals surface area contributed by atoms with Gasteiger partial charge in [-0.2, -0.15) is 0 Å². The number of ketones is 1. The van der Waals surface area contributed by atoms with Crippen LogP contribution in [0.4, 0.5) is 0 Å². The Labute approximate surface area is 96.2 Å². The fourth-order valence-electron chi connectivity index (χ4n) is 1.65. The number of para-hydroxylation sites is 1. The highest BCUT2D eigenvalue weighted by Crippen LogP contribution is 2.32. The summed E-state index contributed by atoms with van der Waals surface area (Å²) in [6.07, 6.45) is 0. The number of benzene rings is 1. The molecular formula is C12H10O5. The zero-order valence-corrected chi connectivity index (χ0v) is 9.31. The second-order valence-corrected chi connectivity index (χ2v) is 3.51. The van der Waals surface area contributed by atoms with Crippen LogP contribution in [0.3, 0.4) is 0 Å². The first-order valence-electron chi connectivity index (χ1n) is 4.90. The smallest absolute Gasteiger partial charge is 0.351 e. The zero-order chi connectivity index (χ0) is 12.6. The lowest BCUT2D eigenvalue weighted by molar-refractivity contribution is 0.101. The molecule has 1 heterocycles. The van der Waals surface area contributed by atoms with Crippen LogP contribution < -0.4 is 10.4 Å². The van der Waals surface area contributed by atoms with Crippen molar-refractivity contribution in [2.24, 2.45) is 0 Å². The fourth-order valence-corrected chi connectivity index (χ4v) is 1.65. The van der Waals surface area contributed by atoms with Crippen molar-refractivity contribution < 1.29 is 19.1 Å². The highest BCUT2D eigenvalue weighted by atomic mass is 16.5. The van der Waals surface area contributed by atoms with Crippen LogP contribution in [0.5, 0.6) is 11.5 Å². The summed E-state index contributed by atoms with van der Waals surface area (Å²) in [5.41, 5.74) is -1.08. The van der Waals surface area contributed by atoms with Crippen LogP contribution in [0, 0.1) is 0 Å². The maximum absolute atomic E-state index is 11.6. The molecule has 0 saturated heterocycles. The second-order valence-electron chi connectivity index (χ2n) is 3.51. The minimum Gasteiger partial charge on any atom is -0.506 e. The molecule has 17 heavy (non-hydrogen) atoms. The van der Waals surface area contributed by atoms with Gasteiger partial charge in [0.2, 0.25) is 0 Å². The van der Waals surface area contributed by atoms with Crippen molar-refractivity contribution in [2.45, 2.75) is 6.92 Å². The number of hydrogen-bond acceptors (Lipinski definition) is 5. The molecule has 0 spiro atoms. The number of aromatic hydroxyl groups is 1. The normalized spacial score (nSPS) is 10.5. The number of fused-ring (bicyclic) bond motifs is 1. The molecule has 0 fully saturated rings. The van der Waals surface area contributed by atoms with E-state index in [2.05, 4.69) is 0 Å². The Balaban J connectivity index is 2.96. The highest BCUT2D eigenvalue weighted by Gasteiger charge is 2.19. The van der Waals surface area contributed by atoms with Crippen molar-refractivity contribution >= 4 is 16.8 Å². The molecule has 1 N–H and O–H groups in total. The Bertz CT molecular complexity index is 654. The predicted octanol–water partition coefficient (Wildman–Crippen LogP) is 1.71. The van der Waals surface area contributed by atoms with E-state index in [0.717, 1.165) is 0 Å². The number of carbonyl (C=O) groups is 1. The van der Waals surface area contributed by atoms with Gasteiger partial charge in [0.1, 0.15) is 11.3 Å². The molecule has 2 rings (SSSR count). The standard InChI is InChI=1S/C12H10O5/c1-6(13)9-10(14)7-4-3-5-8(16-2)11(7)17-12(9)15/h3-5,14H,1-2H3. The average molecular weight is 234 g/mol. The Morgan fingerprint density at radius 2 is 2.12 bits per heavy atom. The largest absolute Gasteiger partial charge is 0.506 e. The molecule has 0 saturated carbocycles. The first kappa shape index (κ1) is 11.2. The molecule has 1 aromatic heterocycles. The van der Waals surface area contributed by atoms with Crippen LogP contribution in [-0.2, 0) is 0 Å². The van der Waals surface area contributed by atoms with Crippen LogP contribution in [0.1, 0.15) is 17.3 Å². The van der Waals surface area contributed by atoms with E-state index in [-0.39, 0.29) is 22.3 Å². The summed E-state index contributed by atoms with van der Waals surface area (Å²) < 4.78 is 10.0. The predicted molar refractivity (Wildman–Crippen MR) is 60.7 cm³/mol. The molecule has 1 aromatic carbocycles. The molecule has 2 aromatic rings. The molecule has 0 unspecified atom stereocenters. The van der Waals surface area contributed by atoms with Crippen LogP contribution in [-0.4, -0.2) is 18.0 Å².